The molecule has 1 aromatic rings. The Hall–Kier alpha value is -0.660. The van der Waals surface area contributed by atoms with Crippen molar-refractivity contribution in [3.63, 3.8) is 0 Å². The van der Waals surface area contributed by atoms with Crippen LogP contribution in [0.25, 0.3) is 0 Å². The highest BCUT2D eigenvalue weighted by atomic mass is 79.9. The second-order valence-electron chi connectivity index (χ2n) is 3.96. The Labute approximate surface area is 109 Å². The van der Waals surface area contributed by atoms with Crippen molar-refractivity contribution < 1.29 is 13.2 Å². The van der Waals surface area contributed by atoms with Crippen LogP contribution in [-0.4, -0.2) is 43.2 Å². The Kier molecular flexibility index (Phi) is 3.70. The van der Waals surface area contributed by atoms with E-state index < -0.39 is 10.0 Å². The number of halogens is 1. The topological polar surface area (TPSA) is 59.5 Å². The van der Waals surface area contributed by atoms with E-state index >= 15 is 0 Å². The van der Waals surface area contributed by atoms with Crippen LogP contribution in [0, 0.1) is 0 Å². The maximum Gasteiger partial charge on any atom is 0.213 e. The predicted octanol–water partition coefficient (Wildman–Crippen LogP) is 1.26. The van der Waals surface area contributed by atoms with Crippen molar-refractivity contribution in [3.05, 3.63) is 22.8 Å². The lowest BCUT2D eigenvalue weighted by Gasteiger charge is -2.14. The molecule has 1 saturated heterocycles. The van der Waals surface area contributed by atoms with Gasteiger partial charge in [-0.05, 0) is 28.4 Å². The van der Waals surface area contributed by atoms with E-state index in [4.69, 9.17) is 4.74 Å². The van der Waals surface area contributed by atoms with Gasteiger partial charge in [-0.2, -0.15) is 4.31 Å². The molecule has 0 amide bonds. The van der Waals surface area contributed by atoms with Crippen LogP contribution in [0.2, 0.25) is 0 Å². The van der Waals surface area contributed by atoms with Crippen LogP contribution < -0.4 is 4.74 Å². The van der Waals surface area contributed by atoms with Gasteiger partial charge in [0.2, 0.25) is 15.9 Å². The number of pyridine rings is 1. The van der Waals surface area contributed by atoms with E-state index in [9.17, 15) is 8.42 Å². The molecule has 1 aliphatic heterocycles. The third kappa shape index (κ3) is 3.40. The third-order valence-electron chi connectivity index (χ3n) is 2.56. The minimum absolute atomic E-state index is 0.113. The molecule has 2 heterocycles. The van der Waals surface area contributed by atoms with E-state index in [0.717, 1.165) is 4.47 Å². The first-order valence-corrected chi connectivity index (χ1v) is 7.82. The van der Waals surface area contributed by atoms with Gasteiger partial charge in [-0.25, -0.2) is 13.4 Å². The van der Waals surface area contributed by atoms with Gasteiger partial charge in [0.15, 0.2) is 0 Å². The first kappa shape index (κ1) is 12.8. The summed E-state index contributed by atoms with van der Waals surface area (Å²) >= 11 is 3.29. The smallest absolute Gasteiger partial charge is 0.213 e. The molecule has 1 atom stereocenters. The fraction of sp³-hybridized carbons (Fsp3) is 0.500. The van der Waals surface area contributed by atoms with Gasteiger partial charge in [0.05, 0.1) is 12.8 Å². The molecule has 17 heavy (non-hydrogen) atoms. The molecule has 1 fully saturated rings. The highest BCUT2D eigenvalue weighted by Crippen LogP contribution is 2.19. The molecule has 1 unspecified atom stereocenters. The van der Waals surface area contributed by atoms with Gasteiger partial charge >= 0.3 is 0 Å². The van der Waals surface area contributed by atoms with Crippen LogP contribution in [0.15, 0.2) is 22.8 Å². The largest absolute Gasteiger partial charge is 0.473 e. The highest BCUT2D eigenvalue weighted by Gasteiger charge is 2.29. The lowest BCUT2D eigenvalue weighted by molar-refractivity contribution is 0.207. The van der Waals surface area contributed by atoms with E-state index in [1.807, 2.05) is 6.07 Å². The van der Waals surface area contributed by atoms with E-state index in [1.54, 1.807) is 12.3 Å². The van der Waals surface area contributed by atoms with Gasteiger partial charge in [-0.1, -0.05) is 0 Å². The zero-order chi connectivity index (χ0) is 12.5. The molecule has 0 N–H and O–H groups in total. The number of hydrogen-bond donors (Lipinski definition) is 0. The van der Waals surface area contributed by atoms with E-state index in [1.165, 1.54) is 10.6 Å². The fourth-order valence-corrected chi connectivity index (χ4v) is 2.81. The second-order valence-corrected chi connectivity index (χ2v) is 6.86. The molecule has 1 aromatic heterocycles. The van der Waals surface area contributed by atoms with E-state index in [0.29, 0.717) is 25.4 Å². The summed E-state index contributed by atoms with van der Waals surface area (Å²) in [6, 6.07) is 3.60. The zero-order valence-electron chi connectivity index (χ0n) is 9.34. The first-order chi connectivity index (χ1) is 7.95. The summed E-state index contributed by atoms with van der Waals surface area (Å²) in [5.74, 6) is 0.522. The molecular formula is C10H13BrN2O3S. The predicted molar refractivity (Wildman–Crippen MR) is 67.4 cm³/mol. The van der Waals surface area contributed by atoms with Crippen LogP contribution in [0.1, 0.15) is 6.42 Å². The van der Waals surface area contributed by atoms with Crippen molar-refractivity contribution in [2.45, 2.75) is 12.5 Å². The van der Waals surface area contributed by atoms with Gasteiger partial charge in [0.1, 0.15) is 6.10 Å². The highest BCUT2D eigenvalue weighted by molar-refractivity contribution is 9.10. The van der Waals surface area contributed by atoms with Crippen LogP contribution in [-0.2, 0) is 10.0 Å². The van der Waals surface area contributed by atoms with Gasteiger partial charge < -0.3 is 4.74 Å². The molecule has 7 heteroatoms. The summed E-state index contributed by atoms with van der Waals surface area (Å²) < 4.78 is 30.6. The average Bonchev–Trinajstić information content (AvgIpc) is 2.69. The van der Waals surface area contributed by atoms with Gasteiger partial charge in [0.25, 0.3) is 0 Å². The number of sulfonamides is 1. The second kappa shape index (κ2) is 4.91. The molecule has 94 valence electrons. The van der Waals surface area contributed by atoms with Gasteiger partial charge in [-0.3, -0.25) is 0 Å². The Bertz CT molecular complexity index is 489. The Balaban J connectivity index is 1.96. The van der Waals surface area contributed by atoms with Crippen molar-refractivity contribution in [1.29, 1.82) is 0 Å². The van der Waals surface area contributed by atoms with E-state index in [-0.39, 0.29) is 6.10 Å². The summed E-state index contributed by atoms with van der Waals surface area (Å²) in [4.78, 5) is 4.09. The molecule has 2 rings (SSSR count). The van der Waals surface area contributed by atoms with Crippen LogP contribution in [0.5, 0.6) is 5.88 Å². The number of hydrogen-bond acceptors (Lipinski definition) is 4. The van der Waals surface area contributed by atoms with Crippen molar-refractivity contribution in [3.8, 4) is 5.88 Å². The van der Waals surface area contributed by atoms with Crippen molar-refractivity contribution in [2.75, 3.05) is 19.3 Å². The Morgan fingerprint density at radius 2 is 2.29 bits per heavy atom. The SMILES string of the molecule is CS(=O)(=O)N1CCC(Oc2ccc(Br)cn2)C1. The molecule has 0 aliphatic carbocycles. The summed E-state index contributed by atoms with van der Waals surface area (Å²) in [5.41, 5.74) is 0. The number of rotatable bonds is 3. The minimum Gasteiger partial charge on any atom is -0.473 e. The molecular weight excluding hydrogens is 308 g/mol. The quantitative estimate of drug-likeness (QED) is 0.841. The van der Waals surface area contributed by atoms with Gasteiger partial charge in [-0.15, -0.1) is 0 Å². The molecule has 0 radical (unpaired) electrons. The van der Waals surface area contributed by atoms with Crippen LogP contribution in [0.4, 0.5) is 0 Å². The molecule has 1 aliphatic rings. The van der Waals surface area contributed by atoms with Crippen molar-refractivity contribution in [2.24, 2.45) is 0 Å². The van der Waals surface area contributed by atoms with E-state index in [2.05, 4.69) is 20.9 Å². The summed E-state index contributed by atoms with van der Waals surface area (Å²) in [6.45, 7) is 0.913. The molecule has 0 bridgehead atoms. The Morgan fingerprint density at radius 3 is 2.82 bits per heavy atom. The molecule has 0 spiro atoms. The lowest BCUT2D eigenvalue weighted by atomic mass is 10.3. The standard InChI is InChI=1S/C10H13BrN2O3S/c1-17(14,15)13-5-4-9(7-13)16-10-3-2-8(11)6-12-10/h2-3,6,9H,4-5,7H2,1H3. The Morgan fingerprint density at radius 1 is 1.53 bits per heavy atom. The zero-order valence-corrected chi connectivity index (χ0v) is 11.7. The lowest BCUT2D eigenvalue weighted by Crippen LogP contribution is -2.30. The molecule has 5 nitrogen and oxygen atoms in total. The summed E-state index contributed by atoms with van der Waals surface area (Å²) in [5, 5.41) is 0. The first-order valence-electron chi connectivity index (χ1n) is 5.18. The monoisotopic (exact) mass is 320 g/mol. The van der Waals surface area contributed by atoms with Crippen LogP contribution in [0.3, 0.4) is 0 Å². The number of aromatic nitrogens is 1. The minimum atomic E-state index is -3.11. The number of nitrogens with zero attached hydrogens (tertiary/aromatic N) is 2. The van der Waals surface area contributed by atoms with Gasteiger partial charge in [0, 0.05) is 23.3 Å². The maximum absolute atomic E-state index is 11.3. The number of ether oxygens (including phenoxy) is 1. The average molecular weight is 321 g/mol. The summed E-state index contributed by atoms with van der Waals surface area (Å²) in [6.07, 6.45) is 3.45. The van der Waals surface area contributed by atoms with Crippen molar-refractivity contribution >= 4 is 26.0 Å². The molecule has 0 saturated carbocycles. The van der Waals surface area contributed by atoms with Crippen LogP contribution >= 0.6 is 15.9 Å². The maximum atomic E-state index is 11.3. The van der Waals surface area contributed by atoms with Crippen molar-refractivity contribution in [1.82, 2.24) is 9.29 Å². The third-order valence-corrected chi connectivity index (χ3v) is 4.30. The molecule has 0 aromatic carbocycles. The normalized spacial score (nSPS) is 21.6. The summed E-state index contributed by atoms with van der Waals surface area (Å²) in [7, 11) is -3.11. The fourth-order valence-electron chi connectivity index (χ4n) is 1.70.